The van der Waals surface area contributed by atoms with Crippen molar-refractivity contribution in [3.8, 4) is 11.5 Å². The van der Waals surface area contributed by atoms with Crippen LogP contribution >= 0.6 is 0 Å². The molecule has 0 unspecified atom stereocenters. The Balaban J connectivity index is 2.39. The van der Waals surface area contributed by atoms with Gasteiger partial charge in [0.05, 0.1) is 0 Å². The van der Waals surface area contributed by atoms with E-state index in [4.69, 9.17) is 5.73 Å². The van der Waals surface area contributed by atoms with Crippen molar-refractivity contribution in [2.45, 2.75) is 0 Å². The molecule has 0 radical (unpaired) electrons. The number of nitrogens with two attached hydrogens (primary N) is 1. The van der Waals surface area contributed by atoms with Gasteiger partial charge < -0.3 is 5.73 Å². The molecule has 0 aliphatic carbocycles. The molecule has 0 bridgehead atoms. The first kappa shape index (κ1) is 9.71. The summed E-state index contributed by atoms with van der Waals surface area (Å²) >= 11 is 0. The van der Waals surface area contributed by atoms with Gasteiger partial charge in [-0.05, 0) is 0 Å². The number of benzene rings is 1. The van der Waals surface area contributed by atoms with Crippen LogP contribution in [0.2, 0.25) is 0 Å². The SMILES string of the molecule is Cn1ncnc1-c1nnc(N)c2ccccc12. The highest BCUT2D eigenvalue weighted by atomic mass is 15.3. The van der Waals surface area contributed by atoms with Crippen LogP contribution in [0.3, 0.4) is 0 Å². The van der Waals surface area contributed by atoms with Crippen LogP contribution in [0, 0.1) is 0 Å². The Kier molecular flexibility index (Phi) is 2.01. The molecule has 0 spiro atoms. The molecule has 6 heteroatoms. The third-order valence-electron chi connectivity index (χ3n) is 2.64. The number of hydrogen-bond donors (Lipinski definition) is 1. The topological polar surface area (TPSA) is 82.5 Å². The molecule has 0 saturated carbocycles. The first-order valence-corrected chi connectivity index (χ1v) is 5.12. The molecule has 0 aliphatic heterocycles. The number of hydrogen-bond acceptors (Lipinski definition) is 5. The van der Waals surface area contributed by atoms with Gasteiger partial charge in [0.1, 0.15) is 12.0 Å². The van der Waals surface area contributed by atoms with Crippen molar-refractivity contribution in [3.63, 3.8) is 0 Å². The van der Waals surface area contributed by atoms with Crippen molar-refractivity contribution in [3.05, 3.63) is 30.6 Å². The summed E-state index contributed by atoms with van der Waals surface area (Å²) in [5, 5.41) is 13.9. The maximum absolute atomic E-state index is 5.80. The minimum Gasteiger partial charge on any atom is -0.382 e. The van der Waals surface area contributed by atoms with Gasteiger partial charge >= 0.3 is 0 Å². The first-order valence-electron chi connectivity index (χ1n) is 5.12. The van der Waals surface area contributed by atoms with Crippen LogP contribution in [-0.2, 0) is 7.05 Å². The highest BCUT2D eigenvalue weighted by Crippen LogP contribution is 2.26. The van der Waals surface area contributed by atoms with Gasteiger partial charge in [-0.1, -0.05) is 24.3 Å². The molecule has 0 amide bonds. The number of rotatable bonds is 1. The molecule has 0 aliphatic rings. The Morgan fingerprint density at radius 2 is 1.88 bits per heavy atom. The fourth-order valence-electron chi connectivity index (χ4n) is 1.80. The highest BCUT2D eigenvalue weighted by molar-refractivity contribution is 5.98. The van der Waals surface area contributed by atoms with E-state index in [1.807, 2.05) is 31.3 Å². The lowest BCUT2D eigenvalue weighted by molar-refractivity contribution is 0.770. The van der Waals surface area contributed by atoms with Crippen molar-refractivity contribution in [1.29, 1.82) is 0 Å². The zero-order valence-electron chi connectivity index (χ0n) is 9.20. The summed E-state index contributed by atoms with van der Waals surface area (Å²) in [6.45, 7) is 0. The van der Waals surface area contributed by atoms with Crippen molar-refractivity contribution in [2.75, 3.05) is 5.73 Å². The summed E-state index contributed by atoms with van der Waals surface area (Å²) in [7, 11) is 1.81. The van der Waals surface area contributed by atoms with Crippen molar-refractivity contribution in [1.82, 2.24) is 25.0 Å². The van der Waals surface area contributed by atoms with Crippen LogP contribution in [0.1, 0.15) is 0 Å². The molecular formula is C11H10N6. The average molecular weight is 226 g/mol. The second kappa shape index (κ2) is 3.51. The number of fused-ring (bicyclic) bond motifs is 1. The van der Waals surface area contributed by atoms with E-state index >= 15 is 0 Å². The molecule has 17 heavy (non-hydrogen) atoms. The molecule has 2 heterocycles. The molecule has 84 valence electrons. The summed E-state index contributed by atoms with van der Waals surface area (Å²) in [6, 6.07) is 7.72. The lowest BCUT2D eigenvalue weighted by atomic mass is 10.1. The van der Waals surface area contributed by atoms with E-state index in [2.05, 4.69) is 20.3 Å². The van der Waals surface area contributed by atoms with E-state index in [0.29, 0.717) is 17.3 Å². The quantitative estimate of drug-likeness (QED) is 0.669. The monoisotopic (exact) mass is 226 g/mol. The first-order chi connectivity index (χ1) is 8.27. The number of aryl methyl sites for hydroxylation is 1. The largest absolute Gasteiger partial charge is 0.382 e. The van der Waals surface area contributed by atoms with Gasteiger partial charge in [-0.25, -0.2) is 9.67 Å². The molecule has 0 fully saturated rings. The predicted octanol–water partition coefficient (Wildman–Crippen LogP) is 1.01. The Hall–Kier alpha value is -2.50. The Morgan fingerprint density at radius 1 is 1.12 bits per heavy atom. The van der Waals surface area contributed by atoms with E-state index in [0.717, 1.165) is 10.8 Å². The second-order valence-corrected chi connectivity index (χ2v) is 3.69. The highest BCUT2D eigenvalue weighted by Gasteiger charge is 2.12. The van der Waals surface area contributed by atoms with Gasteiger partial charge in [0, 0.05) is 17.8 Å². The summed E-state index contributed by atoms with van der Waals surface area (Å²) < 4.78 is 1.66. The number of nitrogen functional groups attached to an aromatic ring is 1. The van der Waals surface area contributed by atoms with E-state index < -0.39 is 0 Å². The van der Waals surface area contributed by atoms with Gasteiger partial charge in [-0.2, -0.15) is 5.10 Å². The minimum atomic E-state index is 0.423. The Morgan fingerprint density at radius 3 is 2.59 bits per heavy atom. The Bertz CT molecular complexity index is 687. The summed E-state index contributed by atoms with van der Waals surface area (Å²) in [5.41, 5.74) is 6.49. The maximum Gasteiger partial charge on any atom is 0.179 e. The molecule has 3 aromatic rings. The smallest absolute Gasteiger partial charge is 0.179 e. The number of anilines is 1. The maximum atomic E-state index is 5.80. The predicted molar refractivity (Wildman–Crippen MR) is 63.9 cm³/mol. The van der Waals surface area contributed by atoms with E-state index in [9.17, 15) is 0 Å². The van der Waals surface area contributed by atoms with E-state index in [1.165, 1.54) is 6.33 Å². The van der Waals surface area contributed by atoms with Crippen LogP contribution in [-0.4, -0.2) is 25.0 Å². The molecule has 6 nitrogen and oxygen atoms in total. The molecule has 3 rings (SSSR count). The fourth-order valence-corrected chi connectivity index (χ4v) is 1.80. The molecule has 0 saturated heterocycles. The zero-order valence-corrected chi connectivity index (χ0v) is 9.20. The molecular weight excluding hydrogens is 216 g/mol. The van der Waals surface area contributed by atoms with Gasteiger partial charge in [0.2, 0.25) is 0 Å². The lowest BCUT2D eigenvalue weighted by Gasteiger charge is -2.05. The van der Waals surface area contributed by atoms with Crippen LogP contribution in [0.5, 0.6) is 0 Å². The molecule has 2 N–H and O–H groups in total. The third kappa shape index (κ3) is 1.42. The standard InChI is InChI=1S/C11H10N6/c1-17-11(13-6-14-17)9-7-4-2-3-5-8(7)10(12)16-15-9/h2-6H,1H3,(H2,12,16). The molecule has 2 aromatic heterocycles. The van der Waals surface area contributed by atoms with Gasteiger partial charge in [0.25, 0.3) is 0 Å². The van der Waals surface area contributed by atoms with Crippen LogP contribution < -0.4 is 5.73 Å². The van der Waals surface area contributed by atoms with Gasteiger partial charge in [0.15, 0.2) is 11.6 Å². The van der Waals surface area contributed by atoms with Crippen LogP contribution in [0.25, 0.3) is 22.3 Å². The van der Waals surface area contributed by atoms with E-state index in [1.54, 1.807) is 4.68 Å². The summed E-state index contributed by atoms with van der Waals surface area (Å²) in [4.78, 5) is 4.17. The van der Waals surface area contributed by atoms with Crippen molar-refractivity contribution < 1.29 is 0 Å². The normalized spacial score (nSPS) is 10.9. The van der Waals surface area contributed by atoms with Crippen LogP contribution in [0.4, 0.5) is 5.82 Å². The summed E-state index contributed by atoms with van der Waals surface area (Å²) in [5.74, 6) is 1.10. The molecule has 0 atom stereocenters. The zero-order chi connectivity index (χ0) is 11.8. The fraction of sp³-hybridized carbons (Fsp3) is 0.0909. The molecule has 1 aromatic carbocycles. The lowest BCUT2D eigenvalue weighted by Crippen LogP contribution is -2.01. The van der Waals surface area contributed by atoms with Crippen molar-refractivity contribution >= 4 is 16.6 Å². The van der Waals surface area contributed by atoms with Gasteiger partial charge in [-0.3, -0.25) is 0 Å². The van der Waals surface area contributed by atoms with Crippen molar-refractivity contribution in [2.24, 2.45) is 7.05 Å². The van der Waals surface area contributed by atoms with Crippen LogP contribution in [0.15, 0.2) is 30.6 Å². The van der Waals surface area contributed by atoms with Gasteiger partial charge in [-0.15, -0.1) is 10.2 Å². The van der Waals surface area contributed by atoms with E-state index in [-0.39, 0.29) is 0 Å². The third-order valence-corrected chi connectivity index (χ3v) is 2.64. The number of aromatic nitrogens is 5. The summed E-state index contributed by atoms with van der Waals surface area (Å²) in [6.07, 6.45) is 1.49. The number of nitrogens with zero attached hydrogens (tertiary/aromatic N) is 5. The second-order valence-electron chi connectivity index (χ2n) is 3.69. The average Bonchev–Trinajstić information content (AvgIpc) is 2.77. The minimum absolute atomic E-state index is 0.423. The Labute approximate surface area is 97.1 Å².